The van der Waals surface area contributed by atoms with Gasteiger partial charge in [-0.2, -0.15) is 0 Å². The van der Waals surface area contributed by atoms with Crippen molar-refractivity contribution in [3.8, 4) is 0 Å². The van der Waals surface area contributed by atoms with Crippen LogP contribution in [0.15, 0.2) is 30.3 Å². The van der Waals surface area contributed by atoms with Crippen LogP contribution in [0.3, 0.4) is 0 Å². The van der Waals surface area contributed by atoms with Gasteiger partial charge in [0.1, 0.15) is 6.67 Å². The van der Waals surface area contributed by atoms with E-state index in [9.17, 15) is 31.1 Å². The van der Waals surface area contributed by atoms with Crippen molar-refractivity contribution in [3.05, 3.63) is 35.9 Å². The molecule has 0 N–H and O–H groups in total. The second kappa shape index (κ2) is 7.89. The average Bonchev–Trinajstić information content (AvgIpc) is 2.45. The Morgan fingerprint density at radius 3 is 2.27 bits per heavy atom. The molecule has 8 heteroatoms. The lowest BCUT2D eigenvalue weighted by Gasteiger charge is -2.24. The normalized spacial score (nSPS) is 13.9. The molecule has 1 aromatic carbocycles. The van der Waals surface area contributed by atoms with Crippen molar-refractivity contribution in [2.24, 2.45) is 0 Å². The molecule has 0 fully saturated rings. The van der Waals surface area contributed by atoms with Crippen LogP contribution < -0.4 is 0 Å². The predicted molar refractivity (Wildman–Crippen MR) is 73.2 cm³/mol. The lowest BCUT2D eigenvalue weighted by atomic mass is 10.0. The van der Waals surface area contributed by atoms with Crippen LogP contribution in [0.1, 0.15) is 23.2 Å². The molecular formula is C14H14F6OS. The summed E-state index contributed by atoms with van der Waals surface area (Å²) in [6.07, 6.45) is -6.35. The Hall–Kier alpha value is -1.18. The minimum atomic E-state index is -4.44. The summed E-state index contributed by atoms with van der Waals surface area (Å²) in [7, 11) is 0. The van der Waals surface area contributed by atoms with Gasteiger partial charge >= 0.3 is 0 Å². The first-order valence-corrected chi connectivity index (χ1v) is 7.34. The van der Waals surface area contributed by atoms with Gasteiger partial charge in [0.25, 0.3) is 11.8 Å². The standard InChI is InChI=1S/C14H14F6OS/c15-8-11(16)14(19,20)9-13(17,18)6-7-22-12(21)10-4-2-1-3-5-10/h1-5,11H,6-9H2. The van der Waals surface area contributed by atoms with Gasteiger partial charge in [-0.15, -0.1) is 0 Å². The number of carbonyl (C=O) groups excluding carboxylic acids is 1. The Kier molecular flexibility index (Phi) is 6.77. The Labute approximate surface area is 128 Å². The molecule has 0 aliphatic carbocycles. The maximum atomic E-state index is 13.4. The van der Waals surface area contributed by atoms with Gasteiger partial charge in [0.2, 0.25) is 5.12 Å². The fraction of sp³-hybridized carbons (Fsp3) is 0.500. The third-order valence-corrected chi connectivity index (χ3v) is 3.70. The Balaban J connectivity index is 2.47. The summed E-state index contributed by atoms with van der Waals surface area (Å²) < 4.78 is 77.2. The molecule has 0 spiro atoms. The van der Waals surface area contributed by atoms with E-state index in [4.69, 9.17) is 0 Å². The van der Waals surface area contributed by atoms with Crippen LogP contribution >= 0.6 is 11.8 Å². The number of carbonyl (C=O) groups is 1. The first kappa shape index (κ1) is 18.9. The van der Waals surface area contributed by atoms with Crippen LogP contribution in [0, 0.1) is 0 Å². The number of rotatable bonds is 8. The third-order valence-electron chi connectivity index (χ3n) is 2.80. The van der Waals surface area contributed by atoms with Crippen molar-refractivity contribution in [3.63, 3.8) is 0 Å². The molecular weight excluding hydrogens is 330 g/mol. The lowest BCUT2D eigenvalue weighted by molar-refractivity contribution is -0.149. The highest BCUT2D eigenvalue weighted by Gasteiger charge is 2.48. The molecule has 1 aromatic rings. The van der Waals surface area contributed by atoms with Crippen molar-refractivity contribution in [2.75, 3.05) is 12.4 Å². The molecule has 1 unspecified atom stereocenters. The Bertz CT molecular complexity index is 479. The van der Waals surface area contributed by atoms with Crippen LogP contribution in [-0.4, -0.2) is 35.6 Å². The minimum absolute atomic E-state index is 0.308. The number of halogens is 6. The molecule has 0 radical (unpaired) electrons. The van der Waals surface area contributed by atoms with Crippen molar-refractivity contribution >= 4 is 16.9 Å². The topological polar surface area (TPSA) is 17.1 Å². The molecule has 0 heterocycles. The molecule has 22 heavy (non-hydrogen) atoms. The predicted octanol–water partition coefficient (Wildman–Crippen LogP) is 4.92. The molecule has 1 atom stereocenters. The van der Waals surface area contributed by atoms with Gasteiger partial charge in [-0.25, -0.2) is 26.3 Å². The number of alkyl halides is 6. The summed E-state index contributed by atoms with van der Waals surface area (Å²) >= 11 is 0.565. The van der Waals surface area contributed by atoms with Gasteiger partial charge in [-0.3, -0.25) is 4.79 Å². The summed E-state index contributed by atoms with van der Waals surface area (Å²) in [5.41, 5.74) is 0.308. The van der Waals surface area contributed by atoms with Crippen molar-refractivity contribution in [1.82, 2.24) is 0 Å². The second-order valence-electron chi connectivity index (χ2n) is 4.67. The zero-order chi connectivity index (χ0) is 16.8. The van der Waals surface area contributed by atoms with Crippen molar-refractivity contribution < 1.29 is 31.1 Å². The fourth-order valence-corrected chi connectivity index (χ4v) is 2.50. The molecule has 0 saturated heterocycles. The van der Waals surface area contributed by atoms with E-state index in [2.05, 4.69) is 0 Å². The number of benzene rings is 1. The van der Waals surface area contributed by atoms with Crippen LogP contribution in [0.5, 0.6) is 0 Å². The summed E-state index contributed by atoms with van der Waals surface area (Å²) in [6, 6.07) is 7.87. The number of hydrogen-bond acceptors (Lipinski definition) is 2. The fourth-order valence-electron chi connectivity index (χ4n) is 1.61. The van der Waals surface area contributed by atoms with Crippen LogP contribution in [-0.2, 0) is 0 Å². The highest BCUT2D eigenvalue weighted by Crippen LogP contribution is 2.37. The third kappa shape index (κ3) is 5.90. The Morgan fingerprint density at radius 1 is 1.14 bits per heavy atom. The molecule has 0 amide bonds. The molecule has 0 aromatic heterocycles. The van der Waals surface area contributed by atoms with Gasteiger partial charge in [-0.1, -0.05) is 42.1 Å². The van der Waals surface area contributed by atoms with Crippen LogP contribution in [0.25, 0.3) is 0 Å². The van der Waals surface area contributed by atoms with E-state index in [0.29, 0.717) is 17.3 Å². The summed E-state index contributed by atoms with van der Waals surface area (Å²) in [4.78, 5) is 11.6. The maximum Gasteiger partial charge on any atom is 0.287 e. The zero-order valence-electron chi connectivity index (χ0n) is 11.4. The lowest BCUT2D eigenvalue weighted by Crippen LogP contribution is -2.38. The molecule has 0 saturated carbocycles. The summed E-state index contributed by atoms with van der Waals surface area (Å²) in [5, 5.41) is -0.463. The van der Waals surface area contributed by atoms with E-state index < -0.39 is 48.4 Å². The van der Waals surface area contributed by atoms with Gasteiger partial charge in [-0.05, 0) is 0 Å². The van der Waals surface area contributed by atoms with E-state index in [-0.39, 0.29) is 0 Å². The number of thioether (sulfide) groups is 1. The van der Waals surface area contributed by atoms with E-state index >= 15 is 0 Å². The number of hydrogen-bond donors (Lipinski definition) is 0. The minimum Gasteiger partial charge on any atom is -0.282 e. The monoisotopic (exact) mass is 344 g/mol. The second-order valence-corrected chi connectivity index (χ2v) is 5.74. The molecule has 0 bridgehead atoms. The Morgan fingerprint density at radius 2 is 1.73 bits per heavy atom. The largest absolute Gasteiger partial charge is 0.287 e. The van der Waals surface area contributed by atoms with Crippen LogP contribution in [0.4, 0.5) is 26.3 Å². The average molecular weight is 344 g/mol. The SMILES string of the molecule is O=C(SCCC(F)(F)CC(F)(F)C(F)CF)c1ccccc1. The van der Waals surface area contributed by atoms with E-state index in [1.165, 1.54) is 12.1 Å². The first-order chi connectivity index (χ1) is 10.2. The zero-order valence-corrected chi connectivity index (χ0v) is 12.2. The molecule has 0 aliphatic rings. The van der Waals surface area contributed by atoms with E-state index in [1.54, 1.807) is 18.2 Å². The maximum absolute atomic E-state index is 13.4. The van der Waals surface area contributed by atoms with E-state index in [0.717, 1.165) is 0 Å². The first-order valence-electron chi connectivity index (χ1n) is 6.36. The molecule has 124 valence electrons. The van der Waals surface area contributed by atoms with Crippen molar-refractivity contribution in [1.29, 1.82) is 0 Å². The quantitative estimate of drug-likeness (QED) is 0.623. The van der Waals surface area contributed by atoms with Gasteiger partial charge < -0.3 is 0 Å². The molecule has 1 rings (SSSR count). The van der Waals surface area contributed by atoms with Gasteiger partial charge in [0.15, 0.2) is 6.17 Å². The van der Waals surface area contributed by atoms with Crippen LogP contribution in [0.2, 0.25) is 0 Å². The summed E-state index contributed by atoms with van der Waals surface area (Å²) in [6.45, 7) is -2.02. The highest BCUT2D eigenvalue weighted by atomic mass is 32.2. The highest BCUT2D eigenvalue weighted by molar-refractivity contribution is 8.14. The molecule has 1 nitrogen and oxygen atoms in total. The van der Waals surface area contributed by atoms with Gasteiger partial charge in [0, 0.05) is 17.7 Å². The smallest absolute Gasteiger partial charge is 0.282 e. The van der Waals surface area contributed by atoms with Gasteiger partial charge in [0.05, 0.1) is 6.42 Å². The van der Waals surface area contributed by atoms with Crippen molar-refractivity contribution in [2.45, 2.75) is 30.9 Å². The summed E-state index contributed by atoms with van der Waals surface area (Å²) in [5.74, 6) is -8.72. The van der Waals surface area contributed by atoms with E-state index in [1.807, 2.05) is 0 Å². The molecule has 0 aliphatic heterocycles.